The van der Waals surface area contributed by atoms with Gasteiger partial charge in [-0.3, -0.25) is 19.2 Å². The Labute approximate surface area is 300 Å². The van der Waals surface area contributed by atoms with Crippen molar-refractivity contribution in [2.45, 2.75) is 63.1 Å². The van der Waals surface area contributed by atoms with Gasteiger partial charge in [0, 0.05) is 22.7 Å². The van der Waals surface area contributed by atoms with E-state index in [4.69, 9.17) is 16.0 Å². The zero-order valence-electron chi connectivity index (χ0n) is 28.6. The standard InChI is InChI=1S/C36H40ClN5O8S/c1-21(2)30(39-31(44)23-11-13-24(14-12-23)32(45)41-51(48,49)26-17-15-25(37)16-18-26)34(47)42-19-7-9-28(42)33(46)40-36(20-43,22(3)4)35-38-27-8-5-6-10-29(27)50-35/h5-6,8,10-18,21-22,28,30,43H,7,9,19-20H2,1-4H3,(H,39,44)(H,40,46)(H,41,45)/t28-,30-,36?/m0/s1. The third-order valence-corrected chi connectivity index (χ3v) is 10.7. The lowest BCUT2D eigenvalue weighted by atomic mass is 9.86. The van der Waals surface area contributed by atoms with Gasteiger partial charge in [0.25, 0.3) is 21.8 Å². The normalized spacial score (nSPS) is 16.5. The molecule has 1 saturated heterocycles. The summed E-state index contributed by atoms with van der Waals surface area (Å²) in [6, 6.07) is 15.9. The number of nitrogens with one attached hydrogen (secondary N) is 3. The van der Waals surface area contributed by atoms with Gasteiger partial charge in [-0.1, -0.05) is 51.4 Å². The van der Waals surface area contributed by atoms with E-state index in [1.54, 1.807) is 32.0 Å². The molecular weight excluding hydrogens is 698 g/mol. The zero-order chi connectivity index (χ0) is 37.1. The SMILES string of the molecule is CC(C)[C@H](NC(=O)c1ccc(C(=O)NS(=O)(=O)c2ccc(Cl)cc2)cc1)C(=O)N1CCC[C@H]1C(=O)NC(CO)(c1nc2ccccc2o1)C(C)C. The van der Waals surface area contributed by atoms with Gasteiger partial charge in [0.2, 0.25) is 17.7 Å². The molecule has 4 amide bonds. The van der Waals surface area contributed by atoms with Gasteiger partial charge in [0.05, 0.1) is 11.5 Å². The molecule has 1 fully saturated rings. The molecule has 0 radical (unpaired) electrons. The minimum atomic E-state index is -4.17. The molecule has 1 aromatic heterocycles. The first-order chi connectivity index (χ1) is 24.2. The molecule has 0 saturated carbocycles. The van der Waals surface area contributed by atoms with E-state index in [0.29, 0.717) is 29.0 Å². The fraction of sp³-hybridized carbons (Fsp3) is 0.361. The molecule has 2 heterocycles. The van der Waals surface area contributed by atoms with Gasteiger partial charge in [-0.05, 0) is 85.3 Å². The summed E-state index contributed by atoms with van der Waals surface area (Å²) >= 11 is 5.82. The van der Waals surface area contributed by atoms with Crippen molar-refractivity contribution in [2.75, 3.05) is 13.2 Å². The summed E-state index contributed by atoms with van der Waals surface area (Å²) in [7, 11) is -4.17. The fourth-order valence-corrected chi connectivity index (χ4v) is 7.05. The topological polar surface area (TPSA) is 188 Å². The van der Waals surface area contributed by atoms with Gasteiger partial charge >= 0.3 is 0 Å². The molecule has 15 heteroatoms. The number of halogens is 1. The van der Waals surface area contributed by atoms with E-state index in [1.807, 2.05) is 24.6 Å². The molecule has 4 aromatic rings. The van der Waals surface area contributed by atoms with Crippen molar-refractivity contribution in [3.05, 3.63) is 94.8 Å². The molecule has 51 heavy (non-hydrogen) atoms. The summed E-state index contributed by atoms with van der Waals surface area (Å²) < 4.78 is 33.2. The second-order valence-electron chi connectivity index (χ2n) is 13.1. The number of hydrogen-bond donors (Lipinski definition) is 4. The summed E-state index contributed by atoms with van der Waals surface area (Å²) in [4.78, 5) is 59.8. The van der Waals surface area contributed by atoms with Crippen LogP contribution in [0.2, 0.25) is 5.02 Å². The number of fused-ring (bicyclic) bond motifs is 1. The van der Waals surface area contributed by atoms with Crippen molar-refractivity contribution in [2.24, 2.45) is 11.8 Å². The van der Waals surface area contributed by atoms with Crippen LogP contribution in [0.1, 0.15) is 67.1 Å². The highest BCUT2D eigenvalue weighted by molar-refractivity contribution is 7.90. The van der Waals surface area contributed by atoms with Crippen LogP contribution in [-0.4, -0.2) is 72.3 Å². The monoisotopic (exact) mass is 737 g/mol. The van der Waals surface area contributed by atoms with Gasteiger partial charge in [-0.25, -0.2) is 18.1 Å². The van der Waals surface area contributed by atoms with Crippen molar-refractivity contribution in [1.82, 2.24) is 25.2 Å². The Morgan fingerprint density at radius 3 is 2.18 bits per heavy atom. The highest BCUT2D eigenvalue weighted by Crippen LogP contribution is 2.32. The molecule has 1 unspecified atom stereocenters. The average Bonchev–Trinajstić information content (AvgIpc) is 3.77. The van der Waals surface area contributed by atoms with E-state index < -0.39 is 57.9 Å². The molecule has 270 valence electrons. The zero-order valence-corrected chi connectivity index (χ0v) is 30.1. The van der Waals surface area contributed by atoms with Gasteiger partial charge < -0.3 is 25.1 Å². The number of hydrogen-bond acceptors (Lipinski definition) is 9. The molecule has 0 spiro atoms. The molecule has 13 nitrogen and oxygen atoms in total. The Bertz CT molecular complexity index is 2000. The summed E-state index contributed by atoms with van der Waals surface area (Å²) in [6.07, 6.45) is 0.928. The second-order valence-corrected chi connectivity index (χ2v) is 15.2. The van der Waals surface area contributed by atoms with Crippen LogP contribution in [0.25, 0.3) is 11.1 Å². The Kier molecular flexibility index (Phi) is 11.2. The number of para-hydroxylation sites is 2. The van der Waals surface area contributed by atoms with Gasteiger partial charge in [-0.15, -0.1) is 0 Å². The van der Waals surface area contributed by atoms with Crippen molar-refractivity contribution in [1.29, 1.82) is 0 Å². The lowest BCUT2D eigenvalue weighted by Crippen LogP contribution is -2.59. The largest absolute Gasteiger partial charge is 0.438 e. The number of carbonyl (C=O) groups excluding carboxylic acids is 4. The number of benzene rings is 3. The molecule has 5 rings (SSSR count). The second kappa shape index (κ2) is 15.2. The van der Waals surface area contributed by atoms with Crippen molar-refractivity contribution >= 4 is 56.4 Å². The number of oxazole rings is 1. The van der Waals surface area contributed by atoms with Crippen LogP contribution in [0, 0.1) is 11.8 Å². The molecular formula is C36H40ClN5O8S. The number of carbonyl (C=O) groups is 4. The Morgan fingerprint density at radius 1 is 0.961 bits per heavy atom. The number of likely N-dealkylation sites (tertiary alicyclic amines) is 1. The average molecular weight is 738 g/mol. The van der Waals surface area contributed by atoms with Gasteiger partial charge in [0.15, 0.2) is 5.58 Å². The third-order valence-electron chi connectivity index (χ3n) is 9.07. The molecule has 1 aliphatic rings. The number of sulfonamides is 1. The molecule has 0 bridgehead atoms. The first kappa shape index (κ1) is 37.5. The van der Waals surface area contributed by atoms with Crippen molar-refractivity contribution < 1.29 is 37.1 Å². The minimum Gasteiger partial charge on any atom is -0.438 e. The van der Waals surface area contributed by atoms with Gasteiger partial charge in [0.1, 0.15) is 23.1 Å². The molecule has 3 atom stereocenters. The van der Waals surface area contributed by atoms with Crippen LogP contribution in [0.3, 0.4) is 0 Å². The van der Waals surface area contributed by atoms with E-state index in [2.05, 4.69) is 15.6 Å². The molecule has 1 aliphatic heterocycles. The predicted molar refractivity (Wildman–Crippen MR) is 189 cm³/mol. The number of aliphatic hydroxyl groups is 1. The first-order valence-corrected chi connectivity index (χ1v) is 18.4. The maximum absolute atomic E-state index is 14.0. The lowest BCUT2D eigenvalue weighted by Gasteiger charge is -2.36. The van der Waals surface area contributed by atoms with E-state index in [1.165, 1.54) is 53.4 Å². The van der Waals surface area contributed by atoms with E-state index in [9.17, 15) is 32.7 Å². The summed E-state index contributed by atoms with van der Waals surface area (Å²) in [5.41, 5.74) is -0.155. The molecule has 0 aliphatic carbocycles. The van der Waals surface area contributed by atoms with Crippen LogP contribution < -0.4 is 15.4 Å². The Balaban J connectivity index is 1.27. The smallest absolute Gasteiger partial charge is 0.264 e. The summed E-state index contributed by atoms with van der Waals surface area (Å²) in [5, 5.41) is 16.7. The number of amides is 4. The minimum absolute atomic E-state index is 0.00954. The quantitative estimate of drug-likeness (QED) is 0.167. The Hall–Kier alpha value is -4.79. The fourth-order valence-electron chi connectivity index (χ4n) is 5.95. The number of aromatic nitrogens is 1. The van der Waals surface area contributed by atoms with Crippen molar-refractivity contribution in [3.63, 3.8) is 0 Å². The molecule has 3 aromatic carbocycles. The summed E-state index contributed by atoms with van der Waals surface area (Å²) in [5.74, 6) is -2.96. The first-order valence-electron chi connectivity index (χ1n) is 16.5. The highest BCUT2D eigenvalue weighted by atomic mass is 35.5. The number of rotatable bonds is 12. The highest BCUT2D eigenvalue weighted by Gasteiger charge is 2.46. The van der Waals surface area contributed by atoms with E-state index in [-0.39, 0.29) is 40.3 Å². The third kappa shape index (κ3) is 7.92. The number of nitrogens with zero attached hydrogens (tertiary/aromatic N) is 2. The van der Waals surface area contributed by atoms with E-state index >= 15 is 0 Å². The summed E-state index contributed by atoms with van der Waals surface area (Å²) in [6.45, 7) is 6.99. The number of aliphatic hydroxyl groups excluding tert-OH is 1. The van der Waals surface area contributed by atoms with Crippen LogP contribution in [0.15, 0.2) is 82.1 Å². The van der Waals surface area contributed by atoms with E-state index in [0.717, 1.165) is 0 Å². The predicted octanol–water partition coefficient (Wildman–Crippen LogP) is 4.01. The maximum atomic E-state index is 14.0. The van der Waals surface area contributed by atoms with Crippen LogP contribution in [0.4, 0.5) is 0 Å². The van der Waals surface area contributed by atoms with Crippen LogP contribution in [-0.2, 0) is 25.2 Å². The van der Waals surface area contributed by atoms with Crippen molar-refractivity contribution in [3.8, 4) is 0 Å². The molecule has 4 N–H and O–H groups in total. The van der Waals surface area contributed by atoms with Crippen LogP contribution >= 0.6 is 11.6 Å². The van der Waals surface area contributed by atoms with Crippen LogP contribution in [0.5, 0.6) is 0 Å². The van der Waals surface area contributed by atoms with Gasteiger partial charge in [-0.2, -0.15) is 0 Å². The maximum Gasteiger partial charge on any atom is 0.264 e. The Morgan fingerprint density at radius 2 is 1.59 bits per heavy atom. The lowest BCUT2D eigenvalue weighted by molar-refractivity contribution is -0.142.